The lowest BCUT2D eigenvalue weighted by Gasteiger charge is -2.03. The van der Waals surface area contributed by atoms with Crippen molar-refractivity contribution < 1.29 is 0 Å². The van der Waals surface area contributed by atoms with Crippen LogP contribution in [0.25, 0.3) is 0 Å². The molecule has 0 rings (SSSR count). The molecule has 0 fully saturated rings. The zero-order valence-corrected chi connectivity index (χ0v) is 29.9. The lowest BCUT2D eigenvalue weighted by Crippen LogP contribution is -2.29. The summed E-state index contributed by atoms with van der Waals surface area (Å²) in [5, 5.41) is 17.0. The quantitative estimate of drug-likeness (QED) is 0.0752. The number of thiol groups is 6. The molecular weight excluding hydrogens is 675 g/mol. The lowest BCUT2D eigenvalue weighted by molar-refractivity contribution is 0.834. The molecule has 0 saturated heterocycles. The minimum Gasteiger partial charge on any atom is -0.369 e. The van der Waals surface area contributed by atoms with Gasteiger partial charge in [-0.15, -0.1) is 75.8 Å². The van der Waals surface area contributed by atoms with Gasteiger partial charge in [0.05, 0.1) is 0 Å². The van der Waals surface area contributed by atoms with Gasteiger partial charge in [-0.2, -0.15) is 19.8 Å². The SMILES string of the molecule is P.P.S=C(S)NCCNC(=S)S.S=C(S)NCCNC(=S)S.S=C(S)NCCNC(=S)S. The highest BCUT2D eigenvalue weighted by Crippen LogP contribution is 1.79. The third-order valence-electron chi connectivity index (χ3n) is 2.03. The summed E-state index contributed by atoms with van der Waals surface area (Å²) in [7, 11) is 0. The second-order valence-electron chi connectivity index (χ2n) is 4.39. The molecule has 32 heavy (non-hydrogen) atoms. The standard InChI is InChI=1S/3C4H8N2S4.2H3P/c3*7-3(8)5-1-2-6-4(9)10;;/h3*1-2H2,(H2,5,7,8)(H2,6,9,10);2*1H3. The largest absolute Gasteiger partial charge is 0.369 e. The van der Waals surface area contributed by atoms with E-state index in [0.29, 0.717) is 65.2 Å². The van der Waals surface area contributed by atoms with Crippen molar-refractivity contribution in [3.05, 3.63) is 0 Å². The summed E-state index contributed by atoms with van der Waals surface area (Å²) in [4.78, 5) is 0. The van der Waals surface area contributed by atoms with E-state index in [2.05, 4.69) is 181 Å². The molecule has 2 unspecified atom stereocenters. The van der Waals surface area contributed by atoms with Crippen LogP contribution < -0.4 is 31.9 Å². The highest BCUT2D eigenvalue weighted by Gasteiger charge is 1.89. The zero-order chi connectivity index (χ0) is 23.9. The number of rotatable bonds is 9. The van der Waals surface area contributed by atoms with Crippen LogP contribution in [0.1, 0.15) is 0 Å². The van der Waals surface area contributed by atoms with Crippen LogP contribution in [0.5, 0.6) is 0 Å². The van der Waals surface area contributed by atoms with Gasteiger partial charge < -0.3 is 31.9 Å². The fourth-order valence-corrected chi connectivity index (χ4v) is 2.30. The average Bonchev–Trinajstić information content (AvgIpc) is 2.60. The van der Waals surface area contributed by atoms with E-state index in [9.17, 15) is 0 Å². The van der Waals surface area contributed by atoms with Crippen LogP contribution in [0.3, 0.4) is 0 Å². The van der Waals surface area contributed by atoms with Crippen molar-refractivity contribution in [1.29, 1.82) is 0 Å². The maximum Gasteiger partial charge on any atom is 0.130 e. The second kappa shape index (κ2) is 33.3. The summed E-state index contributed by atoms with van der Waals surface area (Å²) >= 11 is 51.1. The Bertz CT molecular complexity index is 445. The van der Waals surface area contributed by atoms with Gasteiger partial charge in [-0.3, -0.25) is 0 Å². The summed E-state index contributed by atoms with van der Waals surface area (Å²) in [5.41, 5.74) is 0. The van der Waals surface area contributed by atoms with Crippen molar-refractivity contribution in [2.45, 2.75) is 0 Å². The summed E-state index contributed by atoms with van der Waals surface area (Å²) in [6.07, 6.45) is 0. The van der Waals surface area contributed by atoms with Crippen LogP contribution in [0.4, 0.5) is 0 Å². The van der Waals surface area contributed by atoms with Crippen molar-refractivity contribution in [2.24, 2.45) is 0 Å². The van der Waals surface area contributed by atoms with Crippen LogP contribution in [-0.2, 0) is 0 Å². The Morgan fingerprint density at radius 2 is 0.438 bits per heavy atom. The van der Waals surface area contributed by atoms with E-state index in [1.165, 1.54) is 0 Å². The van der Waals surface area contributed by atoms with E-state index in [4.69, 9.17) is 0 Å². The molecule has 0 aromatic carbocycles. The molecule has 0 heterocycles. The maximum atomic E-state index is 4.65. The molecule has 20 heteroatoms. The van der Waals surface area contributed by atoms with E-state index in [0.717, 1.165) is 0 Å². The molecule has 2 atom stereocenters. The first-order chi connectivity index (χ1) is 13.9. The summed E-state index contributed by atoms with van der Waals surface area (Å²) in [5.74, 6) is 0. The highest BCUT2D eigenvalue weighted by molar-refractivity contribution is 8.12. The topological polar surface area (TPSA) is 72.2 Å². The van der Waals surface area contributed by atoms with Gasteiger partial charge in [0.1, 0.15) is 25.9 Å². The van der Waals surface area contributed by atoms with Crippen molar-refractivity contribution in [3.8, 4) is 0 Å². The van der Waals surface area contributed by atoms with Crippen LogP contribution in [0, 0.1) is 0 Å². The summed E-state index contributed by atoms with van der Waals surface area (Å²) < 4.78 is 2.95. The lowest BCUT2D eigenvalue weighted by atomic mass is 10.6. The normalized spacial score (nSPS) is 8.06. The molecule has 0 aliphatic carbocycles. The minimum absolute atomic E-state index is 0. The van der Waals surface area contributed by atoms with Gasteiger partial charge in [0.2, 0.25) is 0 Å². The highest BCUT2D eigenvalue weighted by atomic mass is 32.2. The van der Waals surface area contributed by atoms with Crippen LogP contribution in [0.15, 0.2) is 0 Å². The molecule has 190 valence electrons. The van der Waals surface area contributed by atoms with Gasteiger partial charge in [-0.05, 0) is 0 Å². The number of hydrogen-bond acceptors (Lipinski definition) is 6. The van der Waals surface area contributed by atoms with Crippen molar-refractivity contribution in [1.82, 2.24) is 31.9 Å². The Morgan fingerprint density at radius 3 is 0.500 bits per heavy atom. The first-order valence-corrected chi connectivity index (χ1v) is 12.8. The van der Waals surface area contributed by atoms with Crippen LogP contribution in [0.2, 0.25) is 0 Å². The minimum atomic E-state index is 0. The first-order valence-electron chi connectivity index (χ1n) is 7.69. The number of hydrogen-bond donors (Lipinski definition) is 12. The van der Waals surface area contributed by atoms with Crippen molar-refractivity contribution in [2.75, 3.05) is 39.3 Å². The number of nitrogens with one attached hydrogen (secondary N) is 6. The predicted octanol–water partition coefficient (Wildman–Crippen LogP) is 1.90. The van der Waals surface area contributed by atoms with E-state index in [1.54, 1.807) is 0 Å². The molecular formula is C12H30N6P2S12. The average molecular weight is 705 g/mol. The summed E-state index contributed by atoms with van der Waals surface area (Å²) in [6, 6.07) is 0. The molecule has 6 nitrogen and oxygen atoms in total. The Kier molecular flexibility index (Phi) is 46.1. The Labute approximate surface area is 263 Å². The molecule has 0 saturated carbocycles. The molecule has 0 bridgehead atoms. The van der Waals surface area contributed by atoms with E-state index < -0.39 is 0 Å². The second-order valence-corrected chi connectivity index (χ2v) is 11.3. The Balaban J connectivity index is -0.000000110. The third-order valence-corrected chi connectivity index (χ3v) is 3.85. The first kappa shape index (κ1) is 44.3. The van der Waals surface area contributed by atoms with E-state index in [1.807, 2.05) is 0 Å². The maximum absolute atomic E-state index is 4.65. The summed E-state index contributed by atoms with van der Waals surface area (Å²) in [6.45, 7) is 4.27. The molecule has 0 aliphatic heterocycles. The van der Waals surface area contributed by atoms with Crippen LogP contribution in [-0.4, -0.2) is 65.2 Å². The zero-order valence-electron chi connectivity index (χ0n) is 16.8. The Hall–Kier alpha value is 2.30. The van der Waals surface area contributed by atoms with Gasteiger partial charge in [0.25, 0.3) is 0 Å². The molecule has 0 aromatic rings. The Morgan fingerprint density at radius 1 is 0.344 bits per heavy atom. The third kappa shape index (κ3) is 58.3. The molecule has 6 N–H and O–H groups in total. The van der Waals surface area contributed by atoms with Crippen LogP contribution >= 0.6 is 169 Å². The van der Waals surface area contributed by atoms with E-state index in [-0.39, 0.29) is 19.8 Å². The smallest absolute Gasteiger partial charge is 0.130 e. The molecule has 0 aliphatic rings. The fraction of sp³-hybridized carbons (Fsp3) is 0.500. The van der Waals surface area contributed by atoms with Crippen molar-refractivity contribution >= 4 is 195 Å². The van der Waals surface area contributed by atoms with Gasteiger partial charge in [-0.1, -0.05) is 73.3 Å². The van der Waals surface area contributed by atoms with Gasteiger partial charge in [-0.25, -0.2) is 0 Å². The van der Waals surface area contributed by atoms with Crippen molar-refractivity contribution in [3.63, 3.8) is 0 Å². The fourth-order valence-electron chi connectivity index (χ4n) is 1.02. The molecule has 0 amide bonds. The molecule has 0 aromatic heterocycles. The van der Waals surface area contributed by atoms with Gasteiger partial charge >= 0.3 is 0 Å². The molecule has 0 spiro atoms. The van der Waals surface area contributed by atoms with Gasteiger partial charge in [0, 0.05) is 39.3 Å². The van der Waals surface area contributed by atoms with Gasteiger partial charge in [0.15, 0.2) is 0 Å². The molecule has 0 radical (unpaired) electrons. The van der Waals surface area contributed by atoms with E-state index >= 15 is 0 Å². The predicted molar refractivity (Wildman–Crippen MR) is 200 cm³/mol. The monoisotopic (exact) mass is 704 g/mol. The number of thiocarbonyl (C=S) groups is 6.